The van der Waals surface area contributed by atoms with E-state index in [4.69, 9.17) is 4.42 Å². The van der Waals surface area contributed by atoms with Crippen molar-refractivity contribution in [1.29, 1.82) is 0 Å². The second-order valence-electron chi connectivity index (χ2n) is 3.40. The highest BCUT2D eigenvalue weighted by atomic mass is 79.9. The van der Waals surface area contributed by atoms with Gasteiger partial charge in [-0.25, -0.2) is 8.78 Å². The lowest BCUT2D eigenvalue weighted by molar-refractivity contribution is 0.0964. The van der Waals surface area contributed by atoms with Crippen molar-refractivity contribution in [3.63, 3.8) is 0 Å². The van der Waals surface area contributed by atoms with E-state index in [2.05, 4.69) is 15.9 Å². The van der Waals surface area contributed by atoms with Gasteiger partial charge in [-0.3, -0.25) is 4.79 Å². The number of hydrogen-bond donors (Lipinski definition) is 0. The van der Waals surface area contributed by atoms with Gasteiger partial charge in [0, 0.05) is 12.0 Å². The van der Waals surface area contributed by atoms with E-state index in [9.17, 15) is 13.6 Å². The molecule has 0 saturated heterocycles. The predicted octanol–water partition coefficient (Wildman–Crippen LogP) is 3.75. The van der Waals surface area contributed by atoms with Crippen molar-refractivity contribution in [1.82, 2.24) is 0 Å². The molecule has 2 nitrogen and oxygen atoms in total. The highest BCUT2D eigenvalue weighted by Crippen LogP contribution is 2.23. The summed E-state index contributed by atoms with van der Waals surface area (Å²) in [6.45, 7) is 0. The van der Waals surface area contributed by atoms with Gasteiger partial charge in [0.05, 0.1) is 10.7 Å². The standard InChI is InChI=1S/C12H7BrF2O2/c13-8-3-4-9(14)7(12(8)15)6-10(16)11-2-1-5-17-11/h1-5H,6H2. The topological polar surface area (TPSA) is 30.2 Å². The van der Waals surface area contributed by atoms with Gasteiger partial charge in [-0.1, -0.05) is 0 Å². The van der Waals surface area contributed by atoms with Crippen LogP contribution >= 0.6 is 15.9 Å². The maximum atomic E-state index is 13.6. The van der Waals surface area contributed by atoms with Crippen molar-refractivity contribution in [2.24, 2.45) is 0 Å². The lowest BCUT2D eigenvalue weighted by atomic mass is 10.1. The van der Waals surface area contributed by atoms with Crippen LogP contribution in [0.5, 0.6) is 0 Å². The van der Waals surface area contributed by atoms with Crippen LogP contribution in [0.25, 0.3) is 0 Å². The third kappa shape index (κ3) is 2.44. The second-order valence-corrected chi connectivity index (χ2v) is 4.25. The maximum absolute atomic E-state index is 13.6. The first-order valence-electron chi connectivity index (χ1n) is 4.78. The molecule has 0 N–H and O–H groups in total. The first-order chi connectivity index (χ1) is 8.09. The van der Waals surface area contributed by atoms with E-state index >= 15 is 0 Å². The molecule has 0 saturated carbocycles. The average Bonchev–Trinajstić information content (AvgIpc) is 2.83. The number of ketones is 1. The second kappa shape index (κ2) is 4.79. The minimum absolute atomic E-state index is 0.0868. The molecule has 0 unspecified atom stereocenters. The number of benzene rings is 1. The molecule has 2 rings (SSSR count). The highest BCUT2D eigenvalue weighted by Gasteiger charge is 2.18. The summed E-state index contributed by atoms with van der Waals surface area (Å²) < 4.78 is 32.0. The quantitative estimate of drug-likeness (QED) is 0.638. The lowest BCUT2D eigenvalue weighted by Crippen LogP contribution is -2.06. The number of carbonyl (C=O) groups excluding carboxylic acids is 1. The fourth-order valence-corrected chi connectivity index (χ4v) is 1.79. The number of furan rings is 1. The van der Waals surface area contributed by atoms with Gasteiger partial charge < -0.3 is 4.42 Å². The van der Waals surface area contributed by atoms with E-state index in [0.29, 0.717) is 0 Å². The number of Topliss-reactive ketones (excluding diaryl/α,β-unsaturated/α-hetero) is 1. The molecule has 0 radical (unpaired) electrons. The van der Waals surface area contributed by atoms with Crippen LogP contribution in [0.1, 0.15) is 16.1 Å². The normalized spacial score (nSPS) is 10.5. The molecule has 0 aliphatic rings. The zero-order valence-electron chi connectivity index (χ0n) is 8.54. The van der Waals surface area contributed by atoms with E-state index in [0.717, 1.165) is 6.07 Å². The molecule has 0 fully saturated rings. The number of rotatable bonds is 3. The molecule has 1 aromatic carbocycles. The van der Waals surface area contributed by atoms with Gasteiger partial charge in [0.1, 0.15) is 11.6 Å². The summed E-state index contributed by atoms with van der Waals surface area (Å²) in [5.74, 6) is -1.88. The Balaban J connectivity index is 2.31. The summed E-state index contributed by atoms with van der Waals surface area (Å²) in [5.41, 5.74) is -0.263. The van der Waals surface area contributed by atoms with Crippen LogP contribution in [0.2, 0.25) is 0 Å². The molecule has 2 aromatic rings. The van der Waals surface area contributed by atoms with E-state index in [1.54, 1.807) is 6.07 Å². The Bertz CT molecular complexity index is 550. The molecule has 5 heteroatoms. The molecule has 0 aliphatic heterocycles. The van der Waals surface area contributed by atoms with Gasteiger partial charge in [0.2, 0.25) is 5.78 Å². The largest absolute Gasteiger partial charge is 0.461 e. The van der Waals surface area contributed by atoms with Crippen molar-refractivity contribution in [2.75, 3.05) is 0 Å². The fourth-order valence-electron chi connectivity index (χ4n) is 1.42. The average molecular weight is 301 g/mol. The third-order valence-electron chi connectivity index (χ3n) is 2.27. The number of carbonyl (C=O) groups is 1. The molecule has 0 atom stereocenters. The Hall–Kier alpha value is -1.49. The number of halogens is 3. The van der Waals surface area contributed by atoms with Crippen molar-refractivity contribution in [2.45, 2.75) is 6.42 Å². The SMILES string of the molecule is O=C(Cc1c(F)ccc(Br)c1F)c1ccco1. The Kier molecular flexibility index (Phi) is 3.38. The molecular weight excluding hydrogens is 294 g/mol. The Morgan fingerprint density at radius 1 is 1.29 bits per heavy atom. The van der Waals surface area contributed by atoms with E-state index < -0.39 is 17.4 Å². The summed E-state index contributed by atoms with van der Waals surface area (Å²) in [4.78, 5) is 11.6. The van der Waals surface area contributed by atoms with Crippen LogP contribution in [-0.2, 0) is 6.42 Å². The van der Waals surface area contributed by atoms with Crippen molar-refractivity contribution >= 4 is 21.7 Å². The van der Waals surface area contributed by atoms with Crippen LogP contribution in [0.15, 0.2) is 39.4 Å². The Labute approximate surface area is 104 Å². The van der Waals surface area contributed by atoms with Crippen LogP contribution in [-0.4, -0.2) is 5.78 Å². The first-order valence-corrected chi connectivity index (χ1v) is 5.58. The summed E-state index contributed by atoms with van der Waals surface area (Å²) >= 11 is 2.94. The predicted molar refractivity (Wildman–Crippen MR) is 60.8 cm³/mol. The van der Waals surface area contributed by atoms with E-state index in [-0.39, 0.29) is 22.2 Å². The zero-order chi connectivity index (χ0) is 12.4. The smallest absolute Gasteiger partial charge is 0.202 e. The van der Waals surface area contributed by atoms with Crippen LogP contribution < -0.4 is 0 Å². The number of hydrogen-bond acceptors (Lipinski definition) is 2. The molecule has 1 heterocycles. The van der Waals surface area contributed by atoms with Gasteiger partial charge in [-0.15, -0.1) is 0 Å². The zero-order valence-corrected chi connectivity index (χ0v) is 10.1. The van der Waals surface area contributed by atoms with Crippen LogP contribution in [0.4, 0.5) is 8.78 Å². The van der Waals surface area contributed by atoms with Crippen molar-refractivity contribution in [3.05, 3.63) is 58.0 Å². The van der Waals surface area contributed by atoms with Crippen LogP contribution in [0.3, 0.4) is 0 Å². The summed E-state index contributed by atoms with van der Waals surface area (Å²) in [6.07, 6.45) is 0.964. The maximum Gasteiger partial charge on any atom is 0.202 e. The summed E-state index contributed by atoms with van der Waals surface area (Å²) in [7, 11) is 0. The van der Waals surface area contributed by atoms with Crippen LogP contribution in [0, 0.1) is 11.6 Å². The molecule has 0 aliphatic carbocycles. The minimum atomic E-state index is -0.759. The molecule has 88 valence electrons. The molecule has 0 bridgehead atoms. The Morgan fingerprint density at radius 3 is 2.71 bits per heavy atom. The van der Waals surface area contributed by atoms with Gasteiger partial charge in [0.25, 0.3) is 0 Å². The summed E-state index contributed by atoms with van der Waals surface area (Å²) in [5, 5.41) is 0. The van der Waals surface area contributed by atoms with E-state index in [1.165, 1.54) is 18.4 Å². The highest BCUT2D eigenvalue weighted by molar-refractivity contribution is 9.10. The minimum Gasteiger partial charge on any atom is -0.461 e. The summed E-state index contributed by atoms with van der Waals surface area (Å²) in [6, 6.07) is 5.36. The van der Waals surface area contributed by atoms with E-state index in [1.807, 2.05) is 0 Å². The van der Waals surface area contributed by atoms with Gasteiger partial charge in [-0.05, 0) is 40.2 Å². The first kappa shape index (κ1) is 12.0. The van der Waals surface area contributed by atoms with Gasteiger partial charge >= 0.3 is 0 Å². The Morgan fingerprint density at radius 2 is 2.06 bits per heavy atom. The van der Waals surface area contributed by atoms with Gasteiger partial charge in [0.15, 0.2) is 5.76 Å². The molecule has 17 heavy (non-hydrogen) atoms. The monoisotopic (exact) mass is 300 g/mol. The molecular formula is C12H7BrF2O2. The fraction of sp³-hybridized carbons (Fsp3) is 0.0833. The molecule has 0 amide bonds. The third-order valence-corrected chi connectivity index (χ3v) is 2.88. The molecule has 0 spiro atoms. The molecule has 1 aromatic heterocycles. The van der Waals surface area contributed by atoms with Crippen molar-refractivity contribution in [3.8, 4) is 0 Å². The van der Waals surface area contributed by atoms with Crippen molar-refractivity contribution < 1.29 is 18.0 Å². The lowest BCUT2D eigenvalue weighted by Gasteiger charge is -2.04. The van der Waals surface area contributed by atoms with Gasteiger partial charge in [-0.2, -0.15) is 0 Å².